The van der Waals surface area contributed by atoms with Gasteiger partial charge in [0.05, 0.1) is 0 Å². The minimum absolute atomic E-state index is 0.305. The summed E-state index contributed by atoms with van der Waals surface area (Å²) in [4.78, 5) is 30.2. The molecule has 0 heterocycles. The maximum Gasteiger partial charge on any atom is 0.254 e. The van der Waals surface area contributed by atoms with Crippen LogP contribution in [0, 0.1) is 0 Å². The van der Waals surface area contributed by atoms with Gasteiger partial charge in [-0.1, -0.05) is 47.6 Å². The van der Waals surface area contributed by atoms with Crippen LogP contribution in [-0.4, -0.2) is 29.3 Å². The fourth-order valence-electron chi connectivity index (χ4n) is 2.72. The average molecular weight is 365 g/mol. The molecule has 7 nitrogen and oxygen atoms in total. The fraction of sp³-hybridized carbons (Fsp3) is 0.300. The van der Waals surface area contributed by atoms with Gasteiger partial charge in [-0.15, -0.1) is 0 Å². The van der Waals surface area contributed by atoms with Gasteiger partial charge in [0.15, 0.2) is 0 Å². The zero-order valence-corrected chi connectivity index (χ0v) is 15.9. The normalized spacial score (nSPS) is 11.9. The fourth-order valence-corrected chi connectivity index (χ4v) is 2.72. The van der Waals surface area contributed by atoms with Crippen molar-refractivity contribution in [3.05, 3.63) is 76.2 Å². The molecule has 7 heteroatoms. The lowest BCUT2D eigenvalue weighted by molar-refractivity contribution is -0.127. The van der Waals surface area contributed by atoms with Gasteiger partial charge in [0.2, 0.25) is 5.91 Å². The SMILES string of the molecule is CN(C(=O)c1ccccc1)C(C(=O)NC(C)(C)C)c1ccccc1N=[N+]=[N-]. The van der Waals surface area contributed by atoms with Crippen molar-refractivity contribution in [2.75, 3.05) is 7.05 Å². The molecule has 27 heavy (non-hydrogen) atoms. The Hall–Kier alpha value is -3.31. The number of azide groups is 1. The van der Waals surface area contributed by atoms with E-state index in [0.717, 1.165) is 0 Å². The molecular formula is C20H23N5O2. The van der Waals surface area contributed by atoms with Crippen LogP contribution in [-0.2, 0) is 4.79 Å². The van der Waals surface area contributed by atoms with Crippen LogP contribution in [0.4, 0.5) is 5.69 Å². The van der Waals surface area contributed by atoms with E-state index in [4.69, 9.17) is 5.53 Å². The number of benzene rings is 2. The standard InChI is InChI=1S/C20H23N5O2/c1-20(2,3)22-18(26)17(15-12-8-9-13-16(15)23-24-21)25(4)19(27)14-10-6-5-7-11-14/h5-13,17H,1-4H3,(H,22,26). The van der Waals surface area contributed by atoms with Crippen LogP contribution in [0.2, 0.25) is 0 Å². The summed E-state index contributed by atoms with van der Waals surface area (Å²) in [5, 5.41) is 6.59. The Balaban J connectivity index is 2.52. The third-order valence-electron chi connectivity index (χ3n) is 3.86. The minimum atomic E-state index is -0.946. The van der Waals surface area contributed by atoms with Gasteiger partial charge in [0, 0.05) is 28.7 Å². The second-order valence-corrected chi connectivity index (χ2v) is 7.17. The van der Waals surface area contributed by atoms with Crippen molar-refractivity contribution < 1.29 is 9.59 Å². The molecular weight excluding hydrogens is 342 g/mol. The van der Waals surface area contributed by atoms with Crippen LogP contribution in [0.25, 0.3) is 10.4 Å². The second kappa shape index (κ2) is 8.38. The van der Waals surface area contributed by atoms with Gasteiger partial charge in [0.1, 0.15) is 6.04 Å². The van der Waals surface area contributed by atoms with Gasteiger partial charge in [-0.25, -0.2) is 0 Å². The van der Waals surface area contributed by atoms with Crippen LogP contribution in [0.15, 0.2) is 59.7 Å². The quantitative estimate of drug-likeness (QED) is 0.484. The Morgan fingerprint density at radius 2 is 1.67 bits per heavy atom. The van der Waals surface area contributed by atoms with Crippen LogP contribution in [0.1, 0.15) is 42.7 Å². The van der Waals surface area contributed by atoms with Crippen molar-refractivity contribution in [1.29, 1.82) is 0 Å². The highest BCUT2D eigenvalue weighted by molar-refractivity contribution is 5.98. The summed E-state index contributed by atoms with van der Waals surface area (Å²) in [6, 6.07) is 14.5. The average Bonchev–Trinajstić information content (AvgIpc) is 2.62. The molecule has 0 fully saturated rings. The van der Waals surface area contributed by atoms with E-state index in [1.807, 2.05) is 26.8 Å². The molecule has 0 aliphatic rings. The van der Waals surface area contributed by atoms with E-state index in [0.29, 0.717) is 16.8 Å². The Kier molecular flexibility index (Phi) is 6.21. The first-order valence-corrected chi connectivity index (χ1v) is 8.53. The third-order valence-corrected chi connectivity index (χ3v) is 3.86. The number of hydrogen-bond donors (Lipinski definition) is 1. The zero-order valence-electron chi connectivity index (χ0n) is 15.9. The van der Waals surface area contributed by atoms with Gasteiger partial charge < -0.3 is 10.2 Å². The largest absolute Gasteiger partial charge is 0.349 e. The summed E-state index contributed by atoms with van der Waals surface area (Å²) in [6.45, 7) is 5.58. The van der Waals surface area contributed by atoms with E-state index >= 15 is 0 Å². The predicted molar refractivity (Wildman–Crippen MR) is 104 cm³/mol. The summed E-state index contributed by atoms with van der Waals surface area (Å²) in [5.74, 6) is -0.657. The molecule has 0 radical (unpaired) electrons. The molecule has 2 amide bonds. The molecule has 0 bridgehead atoms. The monoisotopic (exact) mass is 365 g/mol. The first-order valence-electron chi connectivity index (χ1n) is 8.53. The maximum atomic E-state index is 13.1. The number of amides is 2. The Bertz CT molecular complexity index is 867. The number of rotatable bonds is 5. The Morgan fingerprint density at radius 3 is 2.26 bits per heavy atom. The highest BCUT2D eigenvalue weighted by atomic mass is 16.2. The molecule has 0 saturated carbocycles. The van der Waals surface area contributed by atoms with E-state index in [1.165, 1.54) is 4.90 Å². The maximum absolute atomic E-state index is 13.1. The number of carbonyl (C=O) groups excluding carboxylic acids is 2. The molecule has 2 aromatic carbocycles. The molecule has 0 aliphatic heterocycles. The van der Waals surface area contributed by atoms with Crippen LogP contribution in [0.5, 0.6) is 0 Å². The zero-order chi connectivity index (χ0) is 20.0. The first-order chi connectivity index (χ1) is 12.7. The van der Waals surface area contributed by atoms with Crippen molar-refractivity contribution in [1.82, 2.24) is 10.2 Å². The molecule has 0 spiro atoms. The molecule has 140 valence electrons. The molecule has 2 rings (SSSR count). The molecule has 0 aromatic heterocycles. The summed E-state index contributed by atoms with van der Waals surface area (Å²) in [6.07, 6.45) is 0. The third kappa shape index (κ3) is 5.09. The predicted octanol–water partition coefficient (Wildman–Crippen LogP) is 4.36. The van der Waals surface area contributed by atoms with Crippen molar-refractivity contribution in [2.45, 2.75) is 32.4 Å². The number of likely N-dealkylation sites (N-methyl/N-ethyl adjacent to an activating group) is 1. The minimum Gasteiger partial charge on any atom is -0.349 e. The number of nitrogens with one attached hydrogen (secondary N) is 1. The van der Waals surface area contributed by atoms with Gasteiger partial charge in [-0.3, -0.25) is 9.59 Å². The summed E-state index contributed by atoms with van der Waals surface area (Å²) in [7, 11) is 1.56. The lowest BCUT2D eigenvalue weighted by Gasteiger charge is -2.31. The van der Waals surface area contributed by atoms with Gasteiger partial charge in [0.25, 0.3) is 5.91 Å². The summed E-state index contributed by atoms with van der Waals surface area (Å²) < 4.78 is 0. The molecule has 1 atom stereocenters. The second-order valence-electron chi connectivity index (χ2n) is 7.17. The van der Waals surface area contributed by atoms with E-state index < -0.39 is 11.6 Å². The molecule has 2 aromatic rings. The van der Waals surface area contributed by atoms with Crippen LogP contribution in [0.3, 0.4) is 0 Å². The molecule has 0 aliphatic carbocycles. The van der Waals surface area contributed by atoms with Crippen LogP contribution < -0.4 is 5.32 Å². The van der Waals surface area contributed by atoms with E-state index in [1.54, 1.807) is 55.6 Å². The smallest absolute Gasteiger partial charge is 0.254 e. The Morgan fingerprint density at radius 1 is 1.07 bits per heavy atom. The lowest BCUT2D eigenvalue weighted by atomic mass is 9.99. The molecule has 0 saturated heterocycles. The van der Waals surface area contributed by atoms with Gasteiger partial charge in [-0.2, -0.15) is 0 Å². The van der Waals surface area contributed by atoms with E-state index in [9.17, 15) is 9.59 Å². The van der Waals surface area contributed by atoms with Gasteiger partial charge >= 0.3 is 0 Å². The molecule has 1 unspecified atom stereocenters. The number of nitrogens with zero attached hydrogens (tertiary/aromatic N) is 4. The molecule has 1 N–H and O–H groups in total. The Labute approximate surface area is 158 Å². The van der Waals surface area contributed by atoms with E-state index in [-0.39, 0.29) is 11.8 Å². The summed E-state index contributed by atoms with van der Waals surface area (Å²) >= 11 is 0. The van der Waals surface area contributed by atoms with Crippen LogP contribution >= 0.6 is 0 Å². The van der Waals surface area contributed by atoms with Crippen molar-refractivity contribution in [3.8, 4) is 0 Å². The van der Waals surface area contributed by atoms with Crippen molar-refractivity contribution >= 4 is 17.5 Å². The van der Waals surface area contributed by atoms with E-state index in [2.05, 4.69) is 15.3 Å². The first kappa shape index (κ1) is 20.0. The number of carbonyl (C=O) groups is 2. The van der Waals surface area contributed by atoms with Crippen molar-refractivity contribution in [2.24, 2.45) is 5.11 Å². The highest BCUT2D eigenvalue weighted by Crippen LogP contribution is 2.31. The number of hydrogen-bond acceptors (Lipinski definition) is 3. The summed E-state index contributed by atoms with van der Waals surface area (Å²) in [5.41, 5.74) is 9.60. The lowest BCUT2D eigenvalue weighted by Crippen LogP contribution is -2.48. The van der Waals surface area contributed by atoms with Gasteiger partial charge in [-0.05, 0) is 44.0 Å². The highest BCUT2D eigenvalue weighted by Gasteiger charge is 2.32. The van der Waals surface area contributed by atoms with Crippen molar-refractivity contribution in [3.63, 3.8) is 0 Å². The topological polar surface area (TPSA) is 98.2 Å².